The third-order valence-electron chi connectivity index (χ3n) is 2.08. The van der Waals surface area contributed by atoms with E-state index in [1.54, 1.807) is 7.05 Å². The summed E-state index contributed by atoms with van der Waals surface area (Å²) < 4.78 is 1.41. The van der Waals surface area contributed by atoms with E-state index >= 15 is 0 Å². The summed E-state index contributed by atoms with van der Waals surface area (Å²) in [5, 5.41) is 20.5. The third-order valence-corrected chi connectivity index (χ3v) is 3.05. The van der Waals surface area contributed by atoms with Crippen LogP contribution in [0.5, 0.6) is 0 Å². The van der Waals surface area contributed by atoms with Gasteiger partial charge in [-0.2, -0.15) is 0 Å². The molecule has 0 fully saturated rings. The molecular formula is C9H11N5O2S. The molecule has 0 aliphatic heterocycles. The van der Waals surface area contributed by atoms with Gasteiger partial charge in [-0.1, -0.05) is 0 Å². The number of anilines is 1. The topological polar surface area (TPSA) is 85.9 Å². The molecule has 17 heavy (non-hydrogen) atoms. The Bertz CT molecular complexity index is 547. The summed E-state index contributed by atoms with van der Waals surface area (Å²) in [7, 11) is 1.64. The SMILES string of the molecule is Cc1csc(CNc2nn(C)cc2[N+](=O)[O-])n1. The highest BCUT2D eigenvalue weighted by Gasteiger charge is 2.18. The maximum absolute atomic E-state index is 10.7. The van der Waals surface area contributed by atoms with Crippen molar-refractivity contribution >= 4 is 22.8 Å². The van der Waals surface area contributed by atoms with Gasteiger partial charge in [-0.25, -0.2) is 4.98 Å². The van der Waals surface area contributed by atoms with E-state index in [-0.39, 0.29) is 11.5 Å². The Balaban J connectivity index is 2.11. The van der Waals surface area contributed by atoms with Crippen LogP contribution in [0.1, 0.15) is 10.7 Å². The summed E-state index contributed by atoms with van der Waals surface area (Å²) in [5.41, 5.74) is 0.920. The fraction of sp³-hybridized carbons (Fsp3) is 0.333. The molecular weight excluding hydrogens is 242 g/mol. The summed E-state index contributed by atoms with van der Waals surface area (Å²) in [6.45, 7) is 2.35. The average Bonchev–Trinajstić information content (AvgIpc) is 2.82. The van der Waals surface area contributed by atoms with E-state index in [1.165, 1.54) is 22.2 Å². The Morgan fingerprint density at radius 1 is 1.65 bits per heavy atom. The zero-order valence-corrected chi connectivity index (χ0v) is 10.2. The van der Waals surface area contributed by atoms with Crippen LogP contribution in [0.4, 0.5) is 11.5 Å². The van der Waals surface area contributed by atoms with Gasteiger partial charge in [-0.15, -0.1) is 16.4 Å². The smallest absolute Gasteiger partial charge is 0.330 e. The van der Waals surface area contributed by atoms with Crippen molar-refractivity contribution in [3.8, 4) is 0 Å². The molecule has 2 aromatic rings. The predicted molar refractivity (Wildman–Crippen MR) is 64.0 cm³/mol. The first-order chi connectivity index (χ1) is 8.06. The van der Waals surface area contributed by atoms with Crippen LogP contribution in [0.2, 0.25) is 0 Å². The molecule has 2 heterocycles. The van der Waals surface area contributed by atoms with Crippen molar-refractivity contribution in [1.82, 2.24) is 14.8 Å². The van der Waals surface area contributed by atoms with Gasteiger partial charge < -0.3 is 5.32 Å². The molecule has 0 aromatic carbocycles. The zero-order valence-electron chi connectivity index (χ0n) is 9.38. The molecule has 0 radical (unpaired) electrons. The lowest BCUT2D eigenvalue weighted by Crippen LogP contribution is -2.02. The van der Waals surface area contributed by atoms with Crippen molar-refractivity contribution in [2.24, 2.45) is 7.05 Å². The fourth-order valence-corrected chi connectivity index (χ4v) is 2.09. The summed E-state index contributed by atoms with van der Waals surface area (Å²) in [5.74, 6) is 0.269. The number of aryl methyl sites for hydroxylation is 2. The number of nitrogens with one attached hydrogen (secondary N) is 1. The third kappa shape index (κ3) is 2.59. The minimum atomic E-state index is -0.456. The van der Waals surface area contributed by atoms with Crippen molar-refractivity contribution < 1.29 is 4.92 Å². The van der Waals surface area contributed by atoms with Crippen LogP contribution < -0.4 is 5.32 Å². The minimum Gasteiger partial charge on any atom is -0.356 e. The lowest BCUT2D eigenvalue weighted by atomic mass is 10.5. The second-order valence-corrected chi connectivity index (χ2v) is 4.47. The van der Waals surface area contributed by atoms with Gasteiger partial charge in [0, 0.05) is 18.1 Å². The Kier molecular flexibility index (Phi) is 3.05. The molecule has 8 heteroatoms. The van der Waals surface area contributed by atoms with Crippen LogP contribution >= 0.6 is 11.3 Å². The molecule has 0 aliphatic carbocycles. The molecule has 0 spiro atoms. The molecule has 1 N–H and O–H groups in total. The van der Waals surface area contributed by atoms with Crippen LogP contribution in [0.25, 0.3) is 0 Å². The van der Waals surface area contributed by atoms with Crippen molar-refractivity contribution in [3.63, 3.8) is 0 Å². The van der Waals surface area contributed by atoms with Gasteiger partial charge >= 0.3 is 5.69 Å². The molecule has 0 aliphatic rings. The Hall–Kier alpha value is -1.96. The number of rotatable bonds is 4. The lowest BCUT2D eigenvalue weighted by Gasteiger charge is -1.98. The largest absolute Gasteiger partial charge is 0.356 e. The van der Waals surface area contributed by atoms with Crippen molar-refractivity contribution in [2.45, 2.75) is 13.5 Å². The fourth-order valence-electron chi connectivity index (χ4n) is 1.38. The standard InChI is InChI=1S/C9H11N5O2S/c1-6-5-17-8(11-6)3-10-9-7(14(15)16)4-13(2)12-9/h4-5H,3H2,1-2H3,(H,10,12). The molecule has 0 unspecified atom stereocenters. The first kappa shape index (κ1) is 11.5. The molecule has 0 amide bonds. The first-order valence-electron chi connectivity index (χ1n) is 4.89. The molecule has 2 rings (SSSR count). The number of hydrogen-bond acceptors (Lipinski definition) is 6. The van der Waals surface area contributed by atoms with Crippen LogP contribution in [0.3, 0.4) is 0 Å². The van der Waals surface area contributed by atoms with E-state index in [9.17, 15) is 10.1 Å². The van der Waals surface area contributed by atoms with Gasteiger partial charge in [0.05, 0.1) is 11.5 Å². The first-order valence-corrected chi connectivity index (χ1v) is 5.77. The highest BCUT2D eigenvalue weighted by molar-refractivity contribution is 7.09. The average molecular weight is 253 g/mol. The van der Waals surface area contributed by atoms with Gasteiger partial charge in [0.25, 0.3) is 0 Å². The van der Waals surface area contributed by atoms with Crippen molar-refractivity contribution in [3.05, 3.63) is 32.4 Å². The van der Waals surface area contributed by atoms with Gasteiger partial charge in [0.1, 0.15) is 11.2 Å². The van der Waals surface area contributed by atoms with E-state index in [4.69, 9.17) is 0 Å². The second kappa shape index (κ2) is 4.50. The van der Waals surface area contributed by atoms with Gasteiger partial charge in [0.2, 0.25) is 5.82 Å². The lowest BCUT2D eigenvalue weighted by molar-refractivity contribution is -0.384. The van der Waals surface area contributed by atoms with E-state index in [0.29, 0.717) is 6.54 Å². The molecule has 0 saturated carbocycles. The molecule has 0 saturated heterocycles. The van der Waals surface area contributed by atoms with E-state index in [1.807, 2.05) is 12.3 Å². The van der Waals surface area contributed by atoms with Crippen LogP contribution in [-0.4, -0.2) is 19.7 Å². The Morgan fingerprint density at radius 2 is 2.41 bits per heavy atom. The summed E-state index contributed by atoms with van der Waals surface area (Å²) in [4.78, 5) is 14.6. The number of nitrogens with zero attached hydrogens (tertiary/aromatic N) is 4. The molecule has 0 atom stereocenters. The number of thiazole rings is 1. The quantitative estimate of drug-likeness (QED) is 0.662. The number of hydrogen-bond donors (Lipinski definition) is 1. The zero-order chi connectivity index (χ0) is 12.4. The molecule has 2 aromatic heterocycles. The highest BCUT2D eigenvalue weighted by Crippen LogP contribution is 2.22. The van der Waals surface area contributed by atoms with E-state index in [0.717, 1.165) is 10.7 Å². The van der Waals surface area contributed by atoms with Gasteiger partial charge in [-0.3, -0.25) is 14.8 Å². The van der Waals surface area contributed by atoms with Gasteiger partial charge in [-0.05, 0) is 6.92 Å². The molecule has 7 nitrogen and oxygen atoms in total. The summed E-state index contributed by atoms with van der Waals surface area (Å²) in [6.07, 6.45) is 1.37. The summed E-state index contributed by atoms with van der Waals surface area (Å²) in [6, 6.07) is 0. The minimum absolute atomic E-state index is 0.0271. The van der Waals surface area contributed by atoms with Crippen LogP contribution in [0.15, 0.2) is 11.6 Å². The maximum atomic E-state index is 10.7. The van der Waals surface area contributed by atoms with Gasteiger partial charge in [0.15, 0.2) is 0 Å². The number of nitro groups is 1. The van der Waals surface area contributed by atoms with E-state index in [2.05, 4.69) is 15.4 Å². The molecule has 0 bridgehead atoms. The summed E-state index contributed by atoms with van der Waals surface area (Å²) >= 11 is 1.51. The second-order valence-electron chi connectivity index (χ2n) is 3.53. The monoisotopic (exact) mass is 253 g/mol. The predicted octanol–water partition coefficient (Wildman–Crippen LogP) is 1.71. The highest BCUT2D eigenvalue weighted by atomic mass is 32.1. The number of aromatic nitrogens is 3. The maximum Gasteiger partial charge on any atom is 0.330 e. The molecule has 90 valence electrons. The van der Waals surface area contributed by atoms with E-state index < -0.39 is 4.92 Å². The Morgan fingerprint density at radius 3 is 3.00 bits per heavy atom. The van der Waals surface area contributed by atoms with Crippen molar-refractivity contribution in [1.29, 1.82) is 0 Å². The Labute approximate surface area is 101 Å². The van der Waals surface area contributed by atoms with Crippen LogP contribution in [0, 0.1) is 17.0 Å². The normalized spacial score (nSPS) is 10.5. The van der Waals surface area contributed by atoms with Crippen molar-refractivity contribution in [2.75, 3.05) is 5.32 Å². The van der Waals surface area contributed by atoms with Crippen LogP contribution in [-0.2, 0) is 13.6 Å².